The summed E-state index contributed by atoms with van der Waals surface area (Å²) in [6.07, 6.45) is 1.02. The Labute approximate surface area is 126 Å². The van der Waals surface area contributed by atoms with Gasteiger partial charge in [0.05, 0.1) is 6.61 Å². The van der Waals surface area contributed by atoms with Crippen LogP contribution in [0.3, 0.4) is 0 Å². The molecule has 0 radical (unpaired) electrons. The van der Waals surface area contributed by atoms with E-state index in [4.69, 9.17) is 10.5 Å². The lowest BCUT2D eigenvalue weighted by Gasteiger charge is -2.06. The van der Waals surface area contributed by atoms with Crippen LogP contribution in [0, 0.1) is 0 Å². The van der Waals surface area contributed by atoms with Crippen LogP contribution in [0.25, 0.3) is 0 Å². The van der Waals surface area contributed by atoms with Crippen molar-refractivity contribution < 1.29 is 4.74 Å². The van der Waals surface area contributed by atoms with Crippen LogP contribution in [0.15, 0.2) is 57.9 Å². The summed E-state index contributed by atoms with van der Waals surface area (Å²) in [6.45, 7) is 0.730. The van der Waals surface area contributed by atoms with Gasteiger partial charge in [0.1, 0.15) is 5.75 Å². The summed E-state index contributed by atoms with van der Waals surface area (Å²) < 4.78 is 6.76. The largest absolute Gasteiger partial charge is 0.494 e. The second-order valence-corrected chi connectivity index (χ2v) is 6.16. The van der Waals surface area contributed by atoms with Crippen molar-refractivity contribution in [3.8, 4) is 5.75 Å². The summed E-state index contributed by atoms with van der Waals surface area (Å²) in [5, 5.41) is 0. The van der Waals surface area contributed by atoms with Gasteiger partial charge in [-0.1, -0.05) is 15.9 Å². The highest BCUT2D eigenvalue weighted by Crippen LogP contribution is 2.21. The smallest absolute Gasteiger partial charge is 0.119 e. The molecule has 0 aliphatic rings. The predicted octanol–water partition coefficient (Wildman–Crippen LogP) is 4.59. The molecule has 2 rings (SSSR count). The van der Waals surface area contributed by atoms with Crippen molar-refractivity contribution in [2.24, 2.45) is 0 Å². The number of halogens is 1. The molecule has 0 amide bonds. The highest BCUT2D eigenvalue weighted by atomic mass is 79.9. The number of rotatable bonds is 6. The molecule has 0 aromatic heterocycles. The molecule has 0 bridgehead atoms. The molecule has 100 valence electrons. The Hall–Kier alpha value is -1.13. The molecule has 0 spiro atoms. The fraction of sp³-hybridized carbons (Fsp3) is 0.200. The van der Waals surface area contributed by atoms with E-state index in [0.29, 0.717) is 0 Å². The number of hydrogen-bond donors (Lipinski definition) is 1. The zero-order chi connectivity index (χ0) is 13.5. The molecule has 0 saturated heterocycles. The summed E-state index contributed by atoms with van der Waals surface area (Å²) in [5.41, 5.74) is 6.38. The van der Waals surface area contributed by atoms with E-state index < -0.39 is 0 Å². The van der Waals surface area contributed by atoms with Crippen molar-refractivity contribution in [2.45, 2.75) is 11.3 Å². The summed E-state index contributed by atoms with van der Waals surface area (Å²) in [4.78, 5) is 1.29. The van der Waals surface area contributed by atoms with Crippen LogP contribution in [0.1, 0.15) is 6.42 Å². The minimum Gasteiger partial charge on any atom is -0.494 e. The van der Waals surface area contributed by atoms with Gasteiger partial charge in [-0.2, -0.15) is 0 Å². The van der Waals surface area contributed by atoms with Crippen molar-refractivity contribution in [1.82, 2.24) is 0 Å². The molecule has 0 heterocycles. The average Bonchev–Trinajstić information content (AvgIpc) is 2.43. The van der Waals surface area contributed by atoms with Crippen LogP contribution in [0.5, 0.6) is 5.75 Å². The van der Waals surface area contributed by atoms with E-state index in [1.807, 2.05) is 36.0 Å². The van der Waals surface area contributed by atoms with Gasteiger partial charge in [-0.25, -0.2) is 0 Å². The molecule has 0 unspecified atom stereocenters. The molecule has 0 fully saturated rings. The fourth-order valence-electron chi connectivity index (χ4n) is 1.53. The molecule has 0 aliphatic carbocycles. The number of anilines is 1. The van der Waals surface area contributed by atoms with E-state index in [2.05, 4.69) is 40.2 Å². The number of benzene rings is 2. The van der Waals surface area contributed by atoms with Crippen molar-refractivity contribution in [1.29, 1.82) is 0 Å². The summed E-state index contributed by atoms with van der Waals surface area (Å²) in [6, 6.07) is 15.9. The van der Waals surface area contributed by atoms with Crippen molar-refractivity contribution >= 4 is 33.4 Å². The summed E-state index contributed by atoms with van der Waals surface area (Å²) >= 11 is 5.28. The van der Waals surface area contributed by atoms with Crippen LogP contribution < -0.4 is 10.5 Å². The standard InChI is InChI=1S/C15H16BrNOS/c16-12-2-8-15(9-3-12)19-11-1-10-18-14-6-4-13(17)5-7-14/h2-9H,1,10-11,17H2. The Morgan fingerprint density at radius 1 is 1.00 bits per heavy atom. The topological polar surface area (TPSA) is 35.2 Å². The summed E-state index contributed by atoms with van der Waals surface area (Å²) in [5.74, 6) is 1.93. The van der Waals surface area contributed by atoms with Crippen LogP contribution in [-0.4, -0.2) is 12.4 Å². The number of thioether (sulfide) groups is 1. The molecule has 0 aliphatic heterocycles. The van der Waals surface area contributed by atoms with Gasteiger partial charge in [0, 0.05) is 20.8 Å². The van der Waals surface area contributed by atoms with Gasteiger partial charge in [0.25, 0.3) is 0 Å². The third kappa shape index (κ3) is 5.17. The van der Waals surface area contributed by atoms with E-state index in [0.717, 1.165) is 34.7 Å². The molecule has 2 aromatic carbocycles. The second kappa shape index (κ2) is 7.46. The summed E-state index contributed by atoms with van der Waals surface area (Å²) in [7, 11) is 0. The Balaban J connectivity index is 1.64. The lowest BCUT2D eigenvalue weighted by atomic mass is 10.3. The van der Waals surface area contributed by atoms with Crippen molar-refractivity contribution in [2.75, 3.05) is 18.1 Å². The van der Waals surface area contributed by atoms with E-state index in [-0.39, 0.29) is 0 Å². The Kier molecular flexibility index (Phi) is 5.61. The van der Waals surface area contributed by atoms with Crippen LogP contribution >= 0.6 is 27.7 Å². The van der Waals surface area contributed by atoms with Crippen LogP contribution in [-0.2, 0) is 0 Å². The molecular weight excluding hydrogens is 322 g/mol. The molecular formula is C15H16BrNOS. The molecule has 2 aromatic rings. The Morgan fingerprint density at radius 2 is 1.68 bits per heavy atom. The number of ether oxygens (including phenoxy) is 1. The minimum absolute atomic E-state index is 0.730. The van der Waals surface area contributed by atoms with E-state index >= 15 is 0 Å². The second-order valence-electron chi connectivity index (χ2n) is 4.07. The first-order chi connectivity index (χ1) is 9.24. The van der Waals surface area contributed by atoms with E-state index in [1.54, 1.807) is 0 Å². The average molecular weight is 338 g/mol. The molecule has 19 heavy (non-hydrogen) atoms. The molecule has 4 heteroatoms. The van der Waals surface area contributed by atoms with Gasteiger partial charge >= 0.3 is 0 Å². The van der Waals surface area contributed by atoms with Crippen molar-refractivity contribution in [3.63, 3.8) is 0 Å². The van der Waals surface area contributed by atoms with Gasteiger partial charge in [0.15, 0.2) is 0 Å². The monoisotopic (exact) mass is 337 g/mol. The third-order valence-electron chi connectivity index (χ3n) is 2.52. The van der Waals surface area contributed by atoms with Gasteiger partial charge in [-0.15, -0.1) is 11.8 Å². The first kappa shape index (κ1) is 14.3. The van der Waals surface area contributed by atoms with Crippen molar-refractivity contribution in [3.05, 3.63) is 53.0 Å². The maximum absolute atomic E-state index is 5.64. The number of hydrogen-bond acceptors (Lipinski definition) is 3. The first-order valence-corrected chi connectivity index (χ1v) is 7.88. The van der Waals surface area contributed by atoms with Gasteiger partial charge in [-0.3, -0.25) is 0 Å². The Morgan fingerprint density at radius 3 is 2.37 bits per heavy atom. The third-order valence-corrected chi connectivity index (χ3v) is 4.15. The lowest BCUT2D eigenvalue weighted by Crippen LogP contribution is -1.98. The van der Waals surface area contributed by atoms with Crippen LogP contribution in [0.2, 0.25) is 0 Å². The number of nitrogen functional groups attached to an aromatic ring is 1. The number of nitrogens with two attached hydrogens (primary N) is 1. The molecule has 2 nitrogen and oxygen atoms in total. The van der Waals surface area contributed by atoms with E-state index in [9.17, 15) is 0 Å². The van der Waals surface area contributed by atoms with Gasteiger partial charge in [0.2, 0.25) is 0 Å². The van der Waals surface area contributed by atoms with Gasteiger partial charge in [-0.05, 0) is 55.0 Å². The lowest BCUT2D eigenvalue weighted by molar-refractivity contribution is 0.319. The maximum Gasteiger partial charge on any atom is 0.119 e. The zero-order valence-corrected chi connectivity index (χ0v) is 12.9. The normalized spacial score (nSPS) is 10.4. The highest BCUT2D eigenvalue weighted by molar-refractivity contribution is 9.10. The molecule has 0 atom stereocenters. The van der Waals surface area contributed by atoms with Gasteiger partial charge < -0.3 is 10.5 Å². The quantitative estimate of drug-likeness (QED) is 0.475. The SMILES string of the molecule is Nc1ccc(OCCCSc2ccc(Br)cc2)cc1. The predicted molar refractivity (Wildman–Crippen MR) is 85.8 cm³/mol. The fourth-order valence-corrected chi connectivity index (χ4v) is 2.62. The minimum atomic E-state index is 0.730. The van der Waals surface area contributed by atoms with E-state index in [1.165, 1.54) is 4.90 Å². The zero-order valence-electron chi connectivity index (χ0n) is 10.5. The maximum atomic E-state index is 5.64. The first-order valence-electron chi connectivity index (χ1n) is 6.11. The van der Waals surface area contributed by atoms with Crippen LogP contribution in [0.4, 0.5) is 5.69 Å². The highest BCUT2D eigenvalue weighted by Gasteiger charge is 1.96. The molecule has 0 saturated carbocycles. The molecule has 2 N–H and O–H groups in total. The Bertz CT molecular complexity index is 451.